The van der Waals surface area contributed by atoms with Crippen molar-refractivity contribution in [1.82, 2.24) is 5.43 Å². The third-order valence-electron chi connectivity index (χ3n) is 4.45. The van der Waals surface area contributed by atoms with E-state index >= 15 is 0 Å². The van der Waals surface area contributed by atoms with Crippen LogP contribution in [0.2, 0.25) is 10.0 Å². The molecule has 0 radical (unpaired) electrons. The second-order valence-corrected chi connectivity index (χ2v) is 7.32. The fraction of sp³-hybridized carbons (Fsp3) is 0.182. The van der Waals surface area contributed by atoms with E-state index in [9.17, 15) is 4.79 Å². The van der Waals surface area contributed by atoms with Crippen molar-refractivity contribution in [3.8, 4) is 17.1 Å². The van der Waals surface area contributed by atoms with Gasteiger partial charge in [-0.05, 0) is 61.7 Å². The zero-order valence-electron chi connectivity index (χ0n) is 16.3. The highest BCUT2D eigenvalue weighted by Crippen LogP contribution is 2.34. The lowest BCUT2D eigenvalue weighted by molar-refractivity contribution is -0.123. The van der Waals surface area contributed by atoms with E-state index < -0.39 is 0 Å². The molecule has 1 aromatic heterocycles. The van der Waals surface area contributed by atoms with Crippen molar-refractivity contribution in [2.45, 2.75) is 20.8 Å². The predicted octanol–water partition coefficient (Wildman–Crippen LogP) is 5.71. The van der Waals surface area contributed by atoms with Crippen LogP contribution in [0.5, 0.6) is 5.75 Å². The van der Waals surface area contributed by atoms with Crippen molar-refractivity contribution in [3.05, 3.63) is 75.0 Å². The van der Waals surface area contributed by atoms with Crippen LogP contribution in [0, 0.1) is 20.8 Å². The van der Waals surface area contributed by atoms with Crippen LogP contribution >= 0.6 is 23.2 Å². The van der Waals surface area contributed by atoms with Gasteiger partial charge in [0.25, 0.3) is 5.91 Å². The van der Waals surface area contributed by atoms with E-state index in [1.54, 1.807) is 24.3 Å². The van der Waals surface area contributed by atoms with Gasteiger partial charge in [-0.25, -0.2) is 5.43 Å². The van der Waals surface area contributed by atoms with Crippen LogP contribution < -0.4 is 10.2 Å². The first kappa shape index (κ1) is 21.0. The molecular weight excluding hydrogens is 411 g/mol. The molecule has 0 saturated heterocycles. The van der Waals surface area contributed by atoms with Crippen molar-refractivity contribution in [3.63, 3.8) is 0 Å². The molecule has 0 saturated carbocycles. The van der Waals surface area contributed by atoms with E-state index in [1.807, 2.05) is 39.0 Å². The Morgan fingerprint density at radius 3 is 2.66 bits per heavy atom. The molecule has 0 aliphatic heterocycles. The third kappa shape index (κ3) is 5.00. The summed E-state index contributed by atoms with van der Waals surface area (Å²) in [5, 5.41) is 4.77. The lowest BCUT2D eigenvalue weighted by atomic mass is 10.1. The lowest BCUT2D eigenvalue weighted by Gasteiger charge is -2.13. The van der Waals surface area contributed by atoms with E-state index in [0.717, 1.165) is 22.4 Å². The number of furan rings is 1. The van der Waals surface area contributed by atoms with Gasteiger partial charge in [0.05, 0.1) is 16.3 Å². The van der Waals surface area contributed by atoms with E-state index in [2.05, 4.69) is 10.5 Å². The molecule has 150 valence electrons. The number of carbonyl (C=O) groups is 1. The number of halogens is 2. The summed E-state index contributed by atoms with van der Waals surface area (Å²) in [6, 6.07) is 12.8. The van der Waals surface area contributed by atoms with Gasteiger partial charge in [0.2, 0.25) is 0 Å². The summed E-state index contributed by atoms with van der Waals surface area (Å²) in [6.07, 6.45) is 1.41. The first-order chi connectivity index (χ1) is 13.9. The molecule has 0 unspecified atom stereocenters. The predicted molar refractivity (Wildman–Crippen MR) is 116 cm³/mol. The Hall–Kier alpha value is -2.76. The summed E-state index contributed by atoms with van der Waals surface area (Å²) in [7, 11) is 0. The molecule has 1 heterocycles. The minimum absolute atomic E-state index is 0.135. The van der Waals surface area contributed by atoms with Gasteiger partial charge in [0.1, 0.15) is 17.3 Å². The molecule has 2 aromatic carbocycles. The summed E-state index contributed by atoms with van der Waals surface area (Å²) in [5.41, 5.74) is 6.21. The number of amides is 1. The van der Waals surface area contributed by atoms with Crippen LogP contribution in [0.15, 0.2) is 52.0 Å². The first-order valence-corrected chi connectivity index (χ1v) is 9.68. The molecule has 1 N–H and O–H groups in total. The average molecular weight is 431 g/mol. The standard InChI is InChI=1S/C22H20Cl2N2O3/c1-13-7-8-14(2)22(15(13)3)28-12-20(27)26-25-11-16-9-10-19(29-16)17-5-4-6-18(23)21(17)24/h4-11H,12H2,1-3H3,(H,26,27)/b25-11+. The van der Waals surface area contributed by atoms with E-state index in [-0.39, 0.29) is 12.5 Å². The first-order valence-electron chi connectivity index (χ1n) is 8.92. The Kier molecular flexibility index (Phi) is 6.62. The molecule has 1 amide bonds. The maximum atomic E-state index is 12.0. The van der Waals surface area contributed by atoms with Gasteiger partial charge in [-0.1, -0.05) is 41.4 Å². The number of carbonyl (C=O) groups excluding carboxylic acids is 1. The highest BCUT2D eigenvalue weighted by atomic mass is 35.5. The minimum Gasteiger partial charge on any atom is -0.483 e. The maximum Gasteiger partial charge on any atom is 0.277 e. The van der Waals surface area contributed by atoms with Gasteiger partial charge in [0, 0.05) is 5.56 Å². The van der Waals surface area contributed by atoms with Crippen LogP contribution in [-0.2, 0) is 4.79 Å². The van der Waals surface area contributed by atoms with Crippen LogP contribution in [0.4, 0.5) is 0 Å². The average Bonchev–Trinajstić information content (AvgIpc) is 3.15. The largest absolute Gasteiger partial charge is 0.483 e. The van der Waals surface area contributed by atoms with Crippen molar-refractivity contribution in [1.29, 1.82) is 0 Å². The zero-order valence-corrected chi connectivity index (χ0v) is 17.8. The molecule has 0 spiro atoms. The highest BCUT2D eigenvalue weighted by Gasteiger charge is 2.11. The van der Waals surface area contributed by atoms with Crippen LogP contribution in [0.1, 0.15) is 22.5 Å². The normalized spacial score (nSPS) is 11.1. The van der Waals surface area contributed by atoms with E-state index in [1.165, 1.54) is 6.21 Å². The molecule has 0 aliphatic carbocycles. The van der Waals surface area contributed by atoms with Crippen molar-refractivity contribution < 1.29 is 13.9 Å². The Balaban J connectivity index is 1.58. The SMILES string of the molecule is Cc1ccc(C)c(OCC(=O)N/N=C/c2ccc(-c3cccc(Cl)c3Cl)o2)c1C. The molecular formula is C22H20Cl2N2O3. The topological polar surface area (TPSA) is 63.8 Å². The van der Waals surface area contributed by atoms with Gasteiger partial charge < -0.3 is 9.15 Å². The molecule has 7 heteroatoms. The molecule has 0 aliphatic rings. The minimum atomic E-state index is -0.369. The maximum absolute atomic E-state index is 12.0. The summed E-state index contributed by atoms with van der Waals surface area (Å²) in [5.74, 6) is 1.37. The van der Waals surface area contributed by atoms with E-state index in [4.69, 9.17) is 32.4 Å². The number of hydrogen-bond donors (Lipinski definition) is 1. The molecule has 0 atom stereocenters. The van der Waals surface area contributed by atoms with Gasteiger partial charge >= 0.3 is 0 Å². The quantitative estimate of drug-likeness (QED) is 0.402. The number of hydrogen-bond acceptors (Lipinski definition) is 4. The smallest absolute Gasteiger partial charge is 0.277 e. The van der Waals surface area contributed by atoms with Crippen LogP contribution in [0.25, 0.3) is 11.3 Å². The van der Waals surface area contributed by atoms with Gasteiger partial charge in [-0.15, -0.1) is 0 Å². The number of ether oxygens (including phenoxy) is 1. The Bertz CT molecular complexity index is 1070. The van der Waals surface area contributed by atoms with Gasteiger partial charge in [0.15, 0.2) is 6.61 Å². The second-order valence-electron chi connectivity index (χ2n) is 6.54. The lowest BCUT2D eigenvalue weighted by Crippen LogP contribution is -2.25. The van der Waals surface area contributed by atoms with Crippen molar-refractivity contribution in [2.24, 2.45) is 5.10 Å². The monoisotopic (exact) mass is 430 g/mol. The molecule has 3 aromatic rings. The number of hydrazone groups is 1. The van der Waals surface area contributed by atoms with Crippen LogP contribution in [0.3, 0.4) is 0 Å². The highest BCUT2D eigenvalue weighted by molar-refractivity contribution is 6.43. The molecule has 0 fully saturated rings. The molecule has 0 bridgehead atoms. The Morgan fingerprint density at radius 2 is 1.86 bits per heavy atom. The Morgan fingerprint density at radius 1 is 1.10 bits per heavy atom. The van der Waals surface area contributed by atoms with Crippen molar-refractivity contribution >= 4 is 35.3 Å². The molecule has 5 nitrogen and oxygen atoms in total. The second kappa shape index (κ2) is 9.16. The van der Waals surface area contributed by atoms with Gasteiger partial charge in [-0.3, -0.25) is 4.79 Å². The molecule has 29 heavy (non-hydrogen) atoms. The number of benzene rings is 2. The Labute approximate surface area is 179 Å². The summed E-state index contributed by atoms with van der Waals surface area (Å²) in [4.78, 5) is 12.0. The summed E-state index contributed by atoms with van der Waals surface area (Å²) >= 11 is 12.2. The number of nitrogens with one attached hydrogen (secondary N) is 1. The van der Waals surface area contributed by atoms with Gasteiger partial charge in [-0.2, -0.15) is 5.10 Å². The molecule has 3 rings (SSSR count). The van der Waals surface area contributed by atoms with E-state index in [0.29, 0.717) is 27.1 Å². The zero-order chi connectivity index (χ0) is 21.0. The third-order valence-corrected chi connectivity index (χ3v) is 5.26. The van der Waals surface area contributed by atoms with Crippen molar-refractivity contribution in [2.75, 3.05) is 6.61 Å². The van der Waals surface area contributed by atoms with Crippen LogP contribution in [-0.4, -0.2) is 18.7 Å². The fourth-order valence-corrected chi connectivity index (χ4v) is 3.14. The fourth-order valence-electron chi connectivity index (χ4n) is 2.75. The number of rotatable bonds is 6. The summed E-state index contributed by atoms with van der Waals surface area (Å²) in [6.45, 7) is 5.77. The summed E-state index contributed by atoms with van der Waals surface area (Å²) < 4.78 is 11.3. The number of nitrogens with zero attached hydrogens (tertiary/aromatic N) is 1. The number of aryl methyl sites for hydroxylation is 2.